The van der Waals surface area contributed by atoms with Crippen LogP contribution in [0.25, 0.3) is 0 Å². The summed E-state index contributed by atoms with van der Waals surface area (Å²) in [6, 6.07) is 15.8. The Bertz CT molecular complexity index is 793. The smallest absolute Gasteiger partial charge is 0.338 e. The van der Waals surface area contributed by atoms with Crippen molar-refractivity contribution in [3.8, 4) is 0 Å². The summed E-state index contributed by atoms with van der Waals surface area (Å²) in [5.41, 5.74) is 2.02. The van der Waals surface area contributed by atoms with Gasteiger partial charge in [0.1, 0.15) is 0 Å². The average Bonchev–Trinajstić information content (AvgIpc) is 2.73. The summed E-state index contributed by atoms with van der Waals surface area (Å²) in [5, 5.41) is 2.20. The molecule has 0 aromatic heterocycles. The summed E-state index contributed by atoms with van der Waals surface area (Å²) in [7, 11) is 0. The van der Waals surface area contributed by atoms with Crippen LogP contribution in [0.2, 0.25) is 0 Å². The molecule has 0 radical (unpaired) electrons. The Morgan fingerprint density at radius 1 is 0.852 bits per heavy atom. The highest BCUT2D eigenvalue weighted by molar-refractivity contribution is 6.05. The van der Waals surface area contributed by atoms with Gasteiger partial charge in [-0.1, -0.05) is 49.6 Å². The van der Waals surface area contributed by atoms with Gasteiger partial charge in [-0.05, 0) is 48.6 Å². The Balaban J connectivity index is 1.48. The van der Waals surface area contributed by atoms with Crippen LogP contribution in [0.4, 0.5) is 0 Å². The van der Waals surface area contributed by atoms with Crippen LogP contribution in [-0.4, -0.2) is 24.4 Å². The van der Waals surface area contributed by atoms with E-state index in [2.05, 4.69) is 5.32 Å². The van der Waals surface area contributed by atoms with Crippen molar-refractivity contribution in [1.29, 1.82) is 0 Å². The molecule has 2 amide bonds. The predicted octanol–water partition coefficient (Wildman–Crippen LogP) is 3.85. The first-order valence-electron chi connectivity index (χ1n) is 9.30. The molecule has 1 N–H and O–H groups in total. The van der Waals surface area contributed by atoms with Gasteiger partial charge < -0.3 is 4.74 Å². The maximum atomic E-state index is 12.1. The average molecular weight is 365 g/mol. The second-order valence-electron chi connectivity index (χ2n) is 6.78. The fraction of sp³-hybridized carbons (Fsp3) is 0.318. The molecule has 0 spiro atoms. The van der Waals surface area contributed by atoms with Crippen molar-refractivity contribution in [3.63, 3.8) is 0 Å². The van der Waals surface area contributed by atoms with E-state index in [0.29, 0.717) is 17.0 Å². The van der Waals surface area contributed by atoms with Crippen molar-refractivity contribution in [2.45, 2.75) is 38.0 Å². The molecule has 0 atom stereocenters. The summed E-state index contributed by atoms with van der Waals surface area (Å²) in [5.74, 6) is -1.18. The lowest BCUT2D eigenvalue weighted by atomic mass is 9.84. The molecule has 0 bridgehead atoms. The monoisotopic (exact) mass is 365 g/mol. The lowest BCUT2D eigenvalue weighted by Gasteiger charge is -2.21. The number of imide groups is 1. The molecule has 0 unspecified atom stereocenters. The van der Waals surface area contributed by atoms with E-state index in [0.717, 1.165) is 0 Å². The van der Waals surface area contributed by atoms with Gasteiger partial charge in [0, 0.05) is 5.56 Å². The number of hydrogen-bond acceptors (Lipinski definition) is 4. The number of ether oxygens (including phenoxy) is 1. The molecular weight excluding hydrogens is 342 g/mol. The van der Waals surface area contributed by atoms with Crippen molar-refractivity contribution in [2.24, 2.45) is 0 Å². The normalized spacial score (nSPS) is 14.4. The highest BCUT2D eigenvalue weighted by Crippen LogP contribution is 2.32. The number of amides is 2. The summed E-state index contributed by atoms with van der Waals surface area (Å²) in [6.07, 6.45) is 6.20. The molecule has 3 rings (SSSR count). The number of nitrogens with one attached hydrogen (secondary N) is 1. The minimum Gasteiger partial charge on any atom is -0.452 e. The second kappa shape index (κ2) is 9.12. The molecule has 0 saturated heterocycles. The van der Waals surface area contributed by atoms with Crippen LogP contribution in [0.5, 0.6) is 0 Å². The van der Waals surface area contributed by atoms with Crippen molar-refractivity contribution in [2.75, 3.05) is 6.61 Å². The van der Waals surface area contributed by atoms with Gasteiger partial charge in [-0.3, -0.25) is 14.9 Å². The minimum atomic E-state index is -0.656. The third kappa shape index (κ3) is 5.26. The van der Waals surface area contributed by atoms with Gasteiger partial charge in [-0.25, -0.2) is 4.79 Å². The van der Waals surface area contributed by atoms with E-state index < -0.39 is 24.4 Å². The number of hydrogen-bond donors (Lipinski definition) is 1. The summed E-state index contributed by atoms with van der Waals surface area (Å²) in [4.78, 5) is 35.8. The topological polar surface area (TPSA) is 72.5 Å². The van der Waals surface area contributed by atoms with Crippen LogP contribution in [-0.2, 0) is 9.53 Å². The molecule has 1 aliphatic rings. The molecule has 1 saturated carbocycles. The molecule has 140 valence electrons. The third-order valence-electron chi connectivity index (χ3n) is 4.85. The van der Waals surface area contributed by atoms with Crippen LogP contribution >= 0.6 is 0 Å². The zero-order valence-corrected chi connectivity index (χ0v) is 15.1. The first kappa shape index (κ1) is 18.8. The Morgan fingerprint density at radius 2 is 1.52 bits per heavy atom. The van der Waals surface area contributed by atoms with Crippen LogP contribution in [0.3, 0.4) is 0 Å². The fourth-order valence-corrected chi connectivity index (χ4v) is 3.37. The summed E-state index contributed by atoms with van der Waals surface area (Å²) >= 11 is 0. The van der Waals surface area contributed by atoms with Gasteiger partial charge in [-0.2, -0.15) is 0 Å². The molecule has 1 fully saturated rings. The SMILES string of the molecule is O=C(COC(=O)c1ccc(C2CCCCC2)cc1)NC(=O)c1ccccc1. The molecule has 1 aliphatic carbocycles. The Kier molecular flexibility index (Phi) is 6.36. The van der Waals surface area contributed by atoms with Crippen LogP contribution < -0.4 is 5.32 Å². The highest BCUT2D eigenvalue weighted by Gasteiger charge is 2.17. The highest BCUT2D eigenvalue weighted by atomic mass is 16.5. The van der Waals surface area contributed by atoms with Gasteiger partial charge in [0.05, 0.1) is 5.56 Å². The quantitative estimate of drug-likeness (QED) is 0.817. The maximum absolute atomic E-state index is 12.1. The molecular formula is C22H23NO4. The molecule has 2 aromatic carbocycles. The molecule has 0 aliphatic heterocycles. The maximum Gasteiger partial charge on any atom is 0.338 e. The predicted molar refractivity (Wildman–Crippen MR) is 101 cm³/mol. The number of rotatable bonds is 5. The Labute approximate surface area is 158 Å². The van der Waals surface area contributed by atoms with Gasteiger partial charge in [0.2, 0.25) is 0 Å². The van der Waals surface area contributed by atoms with Gasteiger partial charge >= 0.3 is 5.97 Å². The second-order valence-corrected chi connectivity index (χ2v) is 6.78. The zero-order chi connectivity index (χ0) is 19.1. The van der Waals surface area contributed by atoms with Crippen molar-refractivity contribution < 1.29 is 19.1 Å². The van der Waals surface area contributed by atoms with E-state index >= 15 is 0 Å². The standard InChI is InChI=1S/C22H23NO4/c24-20(23-21(25)18-9-5-2-6-10-18)15-27-22(26)19-13-11-17(12-14-19)16-7-3-1-4-8-16/h2,5-6,9-14,16H,1,3-4,7-8,15H2,(H,23,24,25). The fourth-order valence-electron chi connectivity index (χ4n) is 3.37. The van der Waals surface area contributed by atoms with Gasteiger partial charge in [0.15, 0.2) is 6.61 Å². The van der Waals surface area contributed by atoms with Crippen molar-refractivity contribution in [1.82, 2.24) is 5.32 Å². The molecule has 5 nitrogen and oxygen atoms in total. The van der Waals surface area contributed by atoms with Gasteiger partial charge in [0.25, 0.3) is 11.8 Å². The molecule has 2 aromatic rings. The zero-order valence-electron chi connectivity index (χ0n) is 15.1. The van der Waals surface area contributed by atoms with Gasteiger partial charge in [-0.15, -0.1) is 0 Å². The van der Waals surface area contributed by atoms with E-state index in [-0.39, 0.29) is 0 Å². The van der Waals surface area contributed by atoms with E-state index in [9.17, 15) is 14.4 Å². The van der Waals surface area contributed by atoms with E-state index in [4.69, 9.17) is 4.74 Å². The minimum absolute atomic E-state index is 0.371. The van der Waals surface area contributed by atoms with E-state index in [1.807, 2.05) is 12.1 Å². The molecule has 0 heterocycles. The number of esters is 1. The molecule has 27 heavy (non-hydrogen) atoms. The van der Waals surface area contributed by atoms with Crippen LogP contribution in [0.15, 0.2) is 54.6 Å². The lowest BCUT2D eigenvalue weighted by Crippen LogP contribution is -2.34. The van der Waals surface area contributed by atoms with E-state index in [1.165, 1.54) is 37.7 Å². The Hall–Kier alpha value is -2.95. The first-order valence-corrected chi connectivity index (χ1v) is 9.30. The largest absolute Gasteiger partial charge is 0.452 e. The first-order chi connectivity index (χ1) is 13.1. The molecule has 5 heteroatoms. The van der Waals surface area contributed by atoms with Crippen LogP contribution in [0, 0.1) is 0 Å². The summed E-state index contributed by atoms with van der Waals surface area (Å²) < 4.78 is 5.01. The lowest BCUT2D eigenvalue weighted by molar-refractivity contribution is -0.123. The van der Waals surface area contributed by atoms with E-state index in [1.54, 1.807) is 42.5 Å². The Morgan fingerprint density at radius 3 is 2.19 bits per heavy atom. The number of benzene rings is 2. The van der Waals surface area contributed by atoms with Crippen molar-refractivity contribution >= 4 is 17.8 Å². The number of carbonyl (C=O) groups is 3. The summed E-state index contributed by atoms with van der Waals surface area (Å²) in [6.45, 7) is -0.498. The van der Waals surface area contributed by atoms with Crippen molar-refractivity contribution in [3.05, 3.63) is 71.3 Å². The number of carbonyl (C=O) groups excluding carboxylic acids is 3. The van der Waals surface area contributed by atoms with Crippen LogP contribution in [0.1, 0.15) is 64.3 Å². The third-order valence-corrected chi connectivity index (χ3v) is 4.85.